The van der Waals surface area contributed by atoms with Crippen LogP contribution in [0.25, 0.3) is 0 Å². The van der Waals surface area contributed by atoms with Crippen LogP contribution >= 0.6 is 0 Å². The minimum atomic E-state index is -0.110. The molecule has 0 aromatic carbocycles. The second-order valence-electron chi connectivity index (χ2n) is 4.21. The van der Waals surface area contributed by atoms with Crippen LogP contribution in [0.3, 0.4) is 0 Å². The van der Waals surface area contributed by atoms with E-state index in [9.17, 15) is 4.79 Å². The lowest BCUT2D eigenvalue weighted by molar-refractivity contribution is -0.123. The van der Waals surface area contributed by atoms with E-state index in [-0.39, 0.29) is 17.0 Å². The van der Waals surface area contributed by atoms with Crippen LogP contribution in [0.5, 0.6) is 0 Å². The maximum Gasteiger partial charge on any atom is 0.220 e. The summed E-state index contributed by atoms with van der Waals surface area (Å²) in [6.07, 6.45) is 2.32. The summed E-state index contributed by atoms with van der Waals surface area (Å²) in [6, 6.07) is 0. The quantitative estimate of drug-likeness (QED) is 0.637. The Kier molecular flexibility index (Phi) is 1.85. The molecular weight excluding hydrogens is 168 g/mol. The van der Waals surface area contributed by atoms with Gasteiger partial charge < -0.3 is 15.8 Å². The van der Waals surface area contributed by atoms with Gasteiger partial charge in [-0.2, -0.15) is 0 Å². The highest BCUT2D eigenvalue weighted by Gasteiger charge is 2.62. The van der Waals surface area contributed by atoms with Crippen molar-refractivity contribution in [3.8, 4) is 0 Å². The summed E-state index contributed by atoms with van der Waals surface area (Å²) in [7, 11) is 0. The number of carbonyl (C=O) groups excluding carboxylic acids is 1. The van der Waals surface area contributed by atoms with E-state index in [1.165, 1.54) is 0 Å². The molecule has 13 heavy (non-hydrogen) atoms. The summed E-state index contributed by atoms with van der Waals surface area (Å²) in [5.41, 5.74) is 5.40. The average molecular weight is 184 g/mol. The number of nitrogens with two attached hydrogens (primary N) is 1. The SMILES string of the molecule is CCC(=O)NC12COC(CN)(C1)C2. The number of hydrogen-bond acceptors (Lipinski definition) is 3. The third-order valence-corrected chi connectivity index (χ3v) is 3.07. The lowest BCUT2D eigenvalue weighted by Gasteiger charge is -2.44. The third-order valence-electron chi connectivity index (χ3n) is 3.07. The second kappa shape index (κ2) is 2.69. The molecule has 0 spiro atoms. The maximum absolute atomic E-state index is 11.2. The van der Waals surface area contributed by atoms with Gasteiger partial charge in [0, 0.05) is 25.8 Å². The zero-order valence-corrected chi connectivity index (χ0v) is 7.93. The third kappa shape index (κ3) is 1.25. The maximum atomic E-state index is 11.2. The number of rotatable bonds is 3. The van der Waals surface area contributed by atoms with Crippen LogP contribution in [0.15, 0.2) is 0 Å². The van der Waals surface area contributed by atoms with Gasteiger partial charge in [-0.1, -0.05) is 6.92 Å². The first-order valence-electron chi connectivity index (χ1n) is 4.79. The topological polar surface area (TPSA) is 64.3 Å². The summed E-state index contributed by atoms with van der Waals surface area (Å²) >= 11 is 0. The van der Waals surface area contributed by atoms with Crippen LogP contribution < -0.4 is 11.1 Å². The van der Waals surface area contributed by atoms with Gasteiger partial charge in [0.2, 0.25) is 5.91 Å². The molecule has 1 amide bonds. The van der Waals surface area contributed by atoms with E-state index in [4.69, 9.17) is 10.5 Å². The van der Waals surface area contributed by atoms with E-state index in [1.807, 2.05) is 6.92 Å². The van der Waals surface area contributed by atoms with Crippen molar-refractivity contribution in [1.82, 2.24) is 5.32 Å². The Hall–Kier alpha value is -0.610. The van der Waals surface area contributed by atoms with Crippen molar-refractivity contribution in [3.05, 3.63) is 0 Å². The van der Waals surface area contributed by atoms with E-state index < -0.39 is 0 Å². The van der Waals surface area contributed by atoms with Crippen LogP contribution in [0.2, 0.25) is 0 Å². The fraction of sp³-hybridized carbons (Fsp3) is 0.889. The molecular formula is C9H16N2O2. The number of fused-ring (bicyclic) bond motifs is 1. The van der Waals surface area contributed by atoms with E-state index in [0.29, 0.717) is 19.6 Å². The first-order chi connectivity index (χ1) is 6.14. The predicted octanol–water partition coefficient (Wildman–Crippen LogP) is -0.227. The van der Waals surface area contributed by atoms with Crippen molar-refractivity contribution >= 4 is 5.91 Å². The summed E-state index contributed by atoms with van der Waals surface area (Å²) in [5, 5.41) is 3.01. The van der Waals surface area contributed by atoms with Crippen molar-refractivity contribution in [1.29, 1.82) is 0 Å². The van der Waals surface area contributed by atoms with Crippen molar-refractivity contribution < 1.29 is 9.53 Å². The zero-order chi connectivity index (χ0) is 9.53. The Labute approximate surface area is 77.8 Å². The Morgan fingerprint density at radius 1 is 1.62 bits per heavy atom. The van der Waals surface area contributed by atoms with Gasteiger partial charge in [0.05, 0.1) is 17.7 Å². The molecule has 4 heteroatoms. The first kappa shape index (κ1) is 8.97. The summed E-state index contributed by atoms with van der Waals surface area (Å²) in [4.78, 5) is 11.2. The molecule has 0 unspecified atom stereocenters. The van der Waals surface area contributed by atoms with Crippen LogP contribution in [0, 0.1) is 0 Å². The lowest BCUT2D eigenvalue weighted by atomic mass is 9.68. The molecule has 0 aromatic rings. The van der Waals surface area contributed by atoms with E-state index >= 15 is 0 Å². The zero-order valence-electron chi connectivity index (χ0n) is 7.93. The van der Waals surface area contributed by atoms with Gasteiger partial charge in [-0.3, -0.25) is 4.79 Å². The molecule has 3 aliphatic rings. The fourth-order valence-corrected chi connectivity index (χ4v) is 2.39. The standard InChI is InChI=1S/C9H16N2O2/c1-2-7(12)11-8-3-9(4-8,5-10)13-6-8/h2-6,10H2,1H3,(H,11,12). The molecule has 1 aliphatic carbocycles. The number of nitrogens with one attached hydrogen (secondary N) is 1. The van der Waals surface area contributed by atoms with Gasteiger partial charge in [-0.25, -0.2) is 0 Å². The minimum Gasteiger partial charge on any atom is -0.371 e. The molecule has 0 aromatic heterocycles. The highest BCUT2D eigenvalue weighted by Crippen LogP contribution is 2.50. The summed E-state index contributed by atoms with van der Waals surface area (Å²) < 4.78 is 5.57. The molecule has 2 bridgehead atoms. The van der Waals surface area contributed by atoms with Crippen LogP contribution in [-0.2, 0) is 9.53 Å². The molecule has 74 valence electrons. The molecule has 0 atom stereocenters. The molecule has 3 fully saturated rings. The largest absolute Gasteiger partial charge is 0.371 e. The number of ether oxygens (including phenoxy) is 1. The van der Waals surface area contributed by atoms with Crippen molar-refractivity contribution in [2.75, 3.05) is 13.2 Å². The van der Waals surface area contributed by atoms with Gasteiger partial charge in [0.15, 0.2) is 0 Å². The molecule has 0 radical (unpaired) electrons. The highest BCUT2D eigenvalue weighted by molar-refractivity contribution is 5.76. The van der Waals surface area contributed by atoms with Crippen molar-refractivity contribution in [3.63, 3.8) is 0 Å². The smallest absolute Gasteiger partial charge is 0.220 e. The van der Waals surface area contributed by atoms with Gasteiger partial charge in [-0.05, 0) is 0 Å². The molecule has 2 aliphatic heterocycles. The molecule has 2 heterocycles. The summed E-state index contributed by atoms with van der Waals surface area (Å²) in [6.45, 7) is 3.06. The van der Waals surface area contributed by atoms with Crippen LogP contribution in [0.1, 0.15) is 26.2 Å². The number of hydrogen-bond donors (Lipinski definition) is 2. The fourth-order valence-electron chi connectivity index (χ4n) is 2.39. The Balaban J connectivity index is 1.94. The lowest BCUT2D eigenvalue weighted by Crippen LogP contribution is -2.61. The van der Waals surface area contributed by atoms with Gasteiger partial charge in [0.25, 0.3) is 0 Å². The molecule has 3 rings (SSSR count). The van der Waals surface area contributed by atoms with E-state index in [1.54, 1.807) is 0 Å². The molecule has 3 N–H and O–H groups in total. The van der Waals surface area contributed by atoms with Gasteiger partial charge >= 0.3 is 0 Å². The van der Waals surface area contributed by atoms with E-state index in [0.717, 1.165) is 12.8 Å². The molecule has 1 saturated carbocycles. The minimum absolute atomic E-state index is 0.0769. The van der Waals surface area contributed by atoms with Crippen LogP contribution in [0.4, 0.5) is 0 Å². The van der Waals surface area contributed by atoms with Crippen molar-refractivity contribution in [2.24, 2.45) is 5.73 Å². The highest BCUT2D eigenvalue weighted by atomic mass is 16.5. The number of carbonyl (C=O) groups is 1. The molecule has 2 saturated heterocycles. The summed E-state index contributed by atoms with van der Waals surface area (Å²) in [5.74, 6) is 0.108. The number of amides is 1. The monoisotopic (exact) mass is 184 g/mol. The molecule has 4 nitrogen and oxygen atoms in total. The van der Waals surface area contributed by atoms with Gasteiger partial charge in [-0.15, -0.1) is 0 Å². The van der Waals surface area contributed by atoms with E-state index in [2.05, 4.69) is 5.32 Å². The van der Waals surface area contributed by atoms with Crippen molar-refractivity contribution in [2.45, 2.75) is 37.3 Å². The predicted molar refractivity (Wildman–Crippen MR) is 48.1 cm³/mol. The Morgan fingerprint density at radius 3 is 2.77 bits per heavy atom. The Bertz CT molecular complexity index is 234. The van der Waals surface area contributed by atoms with Gasteiger partial charge in [0.1, 0.15) is 0 Å². The first-order valence-corrected chi connectivity index (χ1v) is 4.79. The Morgan fingerprint density at radius 2 is 2.31 bits per heavy atom. The average Bonchev–Trinajstić information content (AvgIpc) is 2.59. The second-order valence-corrected chi connectivity index (χ2v) is 4.21. The van der Waals surface area contributed by atoms with Crippen LogP contribution in [-0.4, -0.2) is 30.2 Å². The normalized spacial score (nSPS) is 41.4.